The summed E-state index contributed by atoms with van der Waals surface area (Å²) in [6.07, 6.45) is 7.00. The van der Waals surface area contributed by atoms with Gasteiger partial charge in [-0.15, -0.1) is 5.10 Å². The molecule has 0 bridgehead atoms. The molecule has 2 heterocycles. The van der Waals surface area contributed by atoms with Crippen LogP contribution in [0.25, 0.3) is 10.8 Å². The molecule has 0 atom stereocenters. The highest BCUT2D eigenvalue weighted by Crippen LogP contribution is 2.27. The Morgan fingerprint density at radius 2 is 1.86 bits per heavy atom. The third-order valence-corrected chi connectivity index (χ3v) is 6.13. The van der Waals surface area contributed by atoms with Crippen LogP contribution in [-0.2, 0) is 24.3 Å². The first-order chi connectivity index (χ1) is 17.5. The lowest BCUT2D eigenvalue weighted by Gasteiger charge is -2.16. The smallest absolute Gasteiger partial charge is 0.269 e. The average Bonchev–Trinajstić information content (AvgIpc) is 3.31. The summed E-state index contributed by atoms with van der Waals surface area (Å²) in [4.78, 5) is 29.7. The highest BCUT2D eigenvalue weighted by Gasteiger charge is 2.19. The number of rotatable bonds is 11. The molecule has 0 aliphatic rings. The lowest BCUT2D eigenvalue weighted by Crippen LogP contribution is -2.21. The summed E-state index contributed by atoms with van der Waals surface area (Å²) in [6, 6.07) is 13.2. The van der Waals surface area contributed by atoms with Crippen LogP contribution in [0.4, 0.5) is 5.69 Å². The first-order valence-corrected chi connectivity index (χ1v) is 12.0. The summed E-state index contributed by atoms with van der Waals surface area (Å²) in [7, 11) is 1.63. The fraction of sp³-hybridized carbons (Fsp3) is 0.296. The number of fused-ring (bicyclic) bond motifs is 1. The molecular weight excluding hydrogens is 456 g/mol. The van der Waals surface area contributed by atoms with Crippen LogP contribution in [0.5, 0.6) is 0 Å². The number of hydrogen-bond donors (Lipinski definition) is 2. The Bertz CT molecular complexity index is 1380. The van der Waals surface area contributed by atoms with Crippen LogP contribution in [0, 0.1) is 0 Å². The lowest BCUT2D eigenvalue weighted by molar-refractivity contribution is 0.0996. The number of unbranched alkanes of at least 4 members (excludes halogenated alkanes) is 2. The number of carbonyl (C=O) groups excluding carboxylic acids is 2. The molecule has 0 saturated carbocycles. The van der Waals surface area contributed by atoms with Gasteiger partial charge < -0.3 is 15.8 Å². The average molecular weight is 487 g/mol. The Hall–Kier alpha value is -4.11. The lowest BCUT2D eigenvalue weighted by atomic mass is 9.98. The molecule has 0 aliphatic heterocycles. The van der Waals surface area contributed by atoms with Gasteiger partial charge in [-0.1, -0.05) is 55.3 Å². The van der Waals surface area contributed by atoms with Gasteiger partial charge in [-0.2, -0.15) is 0 Å². The third kappa shape index (κ3) is 5.41. The van der Waals surface area contributed by atoms with Crippen molar-refractivity contribution in [1.29, 1.82) is 0 Å². The van der Waals surface area contributed by atoms with Crippen molar-refractivity contribution in [3.05, 3.63) is 82.9 Å². The normalized spacial score (nSPS) is 11.1. The largest absolute Gasteiger partial charge is 0.378 e. The van der Waals surface area contributed by atoms with Gasteiger partial charge in [0.15, 0.2) is 5.69 Å². The summed E-state index contributed by atoms with van der Waals surface area (Å²) in [5.41, 5.74) is 9.21. The van der Waals surface area contributed by atoms with E-state index >= 15 is 0 Å². The Morgan fingerprint density at radius 1 is 1.06 bits per heavy atom. The number of amides is 2. The van der Waals surface area contributed by atoms with E-state index in [1.807, 2.05) is 36.4 Å². The van der Waals surface area contributed by atoms with Gasteiger partial charge in [-0.05, 0) is 46.9 Å². The number of anilines is 1. The van der Waals surface area contributed by atoms with E-state index < -0.39 is 5.91 Å². The molecule has 9 heteroatoms. The molecule has 0 aliphatic carbocycles. The van der Waals surface area contributed by atoms with Gasteiger partial charge in [-0.25, -0.2) is 9.67 Å². The van der Waals surface area contributed by atoms with Crippen molar-refractivity contribution < 1.29 is 14.3 Å². The number of ether oxygens (including phenoxy) is 1. The van der Waals surface area contributed by atoms with Crippen LogP contribution in [0.15, 0.2) is 54.9 Å². The van der Waals surface area contributed by atoms with Crippen LogP contribution < -0.4 is 11.1 Å². The maximum Gasteiger partial charge on any atom is 0.269 e. The van der Waals surface area contributed by atoms with Gasteiger partial charge in [0, 0.05) is 18.9 Å². The van der Waals surface area contributed by atoms with E-state index in [9.17, 15) is 9.59 Å². The second-order valence-electron chi connectivity index (χ2n) is 8.60. The first kappa shape index (κ1) is 25.0. The molecule has 4 aromatic rings. The van der Waals surface area contributed by atoms with Crippen molar-refractivity contribution in [3.63, 3.8) is 0 Å². The molecule has 0 fully saturated rings. The summed E-state index contributed by atoms with van der Waals surface area (Å²) in [6.45, 7) is 3.01. The van der Waals surface area contributed by atoms with Gasteiger partial charge in [0.2, 0.25) is 0 Å². The van der Waals surface area contributed by atoms with E-state index in [1.165, 1.54) is 0 Å². The second kappa shape index (κ2) is 11.5. The minimum atomic E-state index is -0.678. The van der Waals surface area contributed by atoms with Gasteiger partial charge in [0.1, 0.15) is 0 Å². The van der Waals surface area contributed by atoms with E-state index in [-0.39, 0.29) is 11.6 Å². The van der Waals surface area contributed by atoms with Gasteiger partial charge in [0.25, 0.3) is 11.8 Å². The van der Waals surface area contributed by atoms with Crippen molar-refractivity contribution >= 4 is 28.3 Å². The van der Waals surface area contributed by atoms with E-state index in [4.69, 9.17) is 10.5 Å². The Labute approximate surface area is 209 Å². The number of primary amides is 1. The fourth-order valence-corrected chi connectivity index (χ4v) is 4.31. The fourth-order valence-electron chi connectivity index (χ4n) is 4.31. The topological polar surface area (TPSA) is 125 Å². The Balaban J connectivity index is 1.68. The van der Waals surface area contributed by atoms with Crippen LogP contribution >= 0.6 is 0 Å². The van der Waals surface area contributed by atoms with Crippen molar-refractivity contribution in [2.45, 2.75) is 45.8 Å². The molecule has 0 radical (unpaired) electrons. The zero-order valence-corrected chi connectivity index (χ0v) is 20.5. The van der Waals surface area contributed by atoms with Crippen LogP contribution in [-0.4, -0.2) is 38.9 Å². The molecule has 0 saturated heterocycles. The summed E-state index contributed by atoms with van der Waals surface area (Å²) >= 11 is 0. The number of pyridine rings is 1. The van der Waals surface area contributed by atoms with Crippen molar-refractivity contribution in [1.82, 2.24) is 20.0 Å². The zero-order chi connectivity index (χ0) is 25.5. The number of nitrogens with two attached hydrogens (primary N) is 1. The first-order valence-electron chi connectivity index (χ1n) is 12.0. The molecule has 4 rings (SSSR count). The Kier molecular flexibility index (Phi) is 8.02. The molecular formula is C27H30N6O3. The number of methoxy groups -OCH3 is 1. The van der Waals surface area contributed by atoms with Gasteiger partial charge in [0.05, 0.1) is 30.7 Å². The number of nitrogens with one attached hydrogen (secondary N) is 1. The minimum Gasteiger partial charge on any atom is -0.378 e. The van der Waals surface area contributed by atoms with Crippen LogP contribution in [0.2, 0.25) is 0 Å². The van der Waals surface area contributed by atoms with Crippen molar-refractivity contribution in [3.8, 4) is 0 Å². The van der Waals surface area contributed by atoms with E-state index in [0.29, 0.717) is 30.8 Å². The van der Waals surface area contributed by atoms with Crippen molar-refractivity contribution in [2.24, 2.45) is 5.73 Å². The highest BCUT2D eigenvalue weighted by molar-refractivity contribution is 6.15. The maximum absolute atomic E-state index is 13.5. The van der Waals surface area contributed by atoms with Crippen LogP contribution in [0.1, 0.15) is 63.9 Å². The second-order valence-corrected chi connectivity index (χ2v) is 8.60. The zero-order valence-electron chi connectivity index (χ0n) is 20.5. The number of aromatic nitrogens is 4. The molecule has 9 nitrogen and oxygen atoms in total. The SMILES string of the molecule is CCCCCc1ccnc(C(N)=O)c1NC(=O)c1ccc(Cn2nncc2COC)c2ccccc12. The van der Waals surface area contributed by atoms with E-state index in [0.717, 1.165) is 46.9 Å². The molecule has 2 aromatic heterocycles. The third-order valence-electron chi connectivity index (χ3n) is 6.13. The summed E-state index contributed by atoms with van der Waals surface area (Å²) in [5, 5.41) is 12.8. The van der Waals surface area contributed by atoms with Gasteiger partial charge in [-0.3, -0.25) is 9.59 Å². The maximum atomic E-state index is 13.5. The highest BCUT2D eigenvalue weighted by atomic mass is 16.5. The summed E-state index contributed by atoms with van der Waals surface area (Å²) in [5.74, 6) is -1.01. The molecule has 2 aromatic carbocycles. The predicted molar refractivity (Wildman–Crippen MR) is 138 cm³/mol. The summed E-state index contributed by atoms with van der Waals surface area (Å²) < 4.78 is 7.01. The number of hydrogen-bond acceptors (Lipinski definition) is 6. The monoisotopic (exact) mass is 486 g/mol. The predicted octanol–water partition coefficient (Wildman–Crippen LogP) is 4.10. The van der Waals surface area contributed by atoms with E-state index in [2.05, 4.69) is 27.5 Å². The number of carbonyl (C=O) groups is 2. The molecule has 186 valence electrons. The Morgan fingerprint density at radius 3 is 2.61 bits per heavy atom. The quantitative estimate of drug-likeness (QED) is 0.308. The molecule has 2 amide bonds. The van der Waals surface area contributed by atoms with Crippen molar-refractivity contribution in [2.75, 3.05) is 12.4 Å². The molecule has 0 spiro atoms. The van der Waals surface area contributed by atoms with Gasteiger partial charge >= 0.3 is 0 Å². The van der Waals surface area contributed by atoms with E-state index in [1.54, 1.807) is 30.3 Å². The number of benzene rings is 2. The minimum absolute atomic E-state index is 0.0649. The molecule has 3 N–H and O–H groups in total. The van der Waals surface area contributed by atoms with Crippen LogP contribution in [0.3, 0.4) is 0 Å². The molecule has 36 heavy (non-hydrogen) atoms. The number of aryl methyl sites for hydroxylation is 1. The molecule has 0 unspecified atom stereocenters. The number of nitrogens with zero attached hydrogens (tertiary/aromatic N) is 4. The standard InChI is InChI=1S/C27H30N6O3/c1-3-4-5-8-18-13-14-29-25(26(28)34)24(18)31-27(35)23-12-11-19(21-9-6-7-10-22(21)23)16-33-20(17-36-2)15-30-32-33/h6-7,9-15H,3-5,8,16-17H2,1-2H3,(H2,28,34)(H,31,35).